The van der Waals surface area contributed by atoms with Crippen molar-refractivity contribution in [2.24, 2.45) is 16.7 Å². The maximum atomic E-state index is 13.0. The minimum absolute atomic E-state index is 0.115. The summed E-state index contributed by atoms with van der Waals surface area (Å²) in [5.74, 6) is 5.92. The highest BCUT2D eigenvalue weighted by molar-refractivity contribution is 6.08. The molecule has 1 aromatic carbocycles. The highest BCUT2D eigenvalue weighted by atomic mass is 16.2. The van der Waals surface area contributed by atoms with Crippen molar-refractivity contribution >= 4 is 17.6 Å². The molecule has 0 bridgehead atoms. The molecule has 27 heavy (non-hydrogen) atoms. The van der Waals surface area contributed by atoms with Gasteiger partial charge in [0.15, 0.2) is 5.84 Å². The van der Waals surface area contributed by atoms with Gasteiger partial charge in [-0.1, -0.05) is 18.2 Å². The number of benzene rings is 1. The summed E-state index contributed by atoms with van der Waals surface area (Å²) in [6.45, 7) is 3.49. The Hall–Kier alpha value is -3.60. The third kappa shape index (κ3) is 4.73. The van der Waals surface area contributed by atoms with Crippen LogP contribution in [0, 0.1) is 11.3 Å². The van der Waals surface area contributed by atoms with Gasteiger partial charge in [0.25, 0.3) is 5.91 Å². The first-order valence-corrected chi connectivity index (χ1v) is 8.51. The molecule has 0 saturated carbocycles. The van der Waals surface area contributed by atoms with Crippen molar-refractivity contribution in [1.29, 1.82) is 5.26 Å². The number of anilines is 1. The molecule has 0 aliphatic heterocycles. The molecule has 0 unspecified atom stereocenters. The van der Waals surface area contributed by atoms with Crippen LogP contribution in [0.2, 0.25) is 0 Å². The number of nitriles is 1. The van der Waals surface area contributed by atoms with E-state index in [0.717, 1.165) is 0 Å². The van der Waals surface area contributed by atoms with Gasteiger partial charge in [0.2, 0.25) is 0 Å². The van der Waals surface area contributed by atoms with Crippen molar-refractivity contribution in [3.8, 4) is 6.07 Å². The maximum Gasteiger partial charge on any atom is 0.254 e. The quantitative estimate of drug-likeness (QED) is 0.328. The third-order valence-electron chi connectivity index (χ3n) is 4.21. The molecule has 1 heterocycles. The zero-order valence-electron chi connectivity index (χ0n) is 15.5. The van der Waals surface area contributed by atoms with E-state index in [1.807, 2.05) is 18.9 Å². The van der Waals surface area contributed by atoms with Crippen LogP contribution in [-0.4, -0.2) is 48.3 Å². The summed E-state index contributed by atoms with van der Waals surface area (Å²) in [6, 6.07) is 12.4. The van der Waals surface area contributed by atoms with Crippen LogP contribution in [0.1, 0.15) is 28.4 Å². The number of rotatable bonds is 7. The predicted octanol–water partition coefficient (Wildman–Crippen LogP) is 1.13. The molecule has 2 aromatic rings. The molecule has 8 heteroatoms. The summed E-state index contributed by atoms with van der Waals surface area (Å²) in [5, 5.41) is 12.5. The molecule has 8 nitrogen and oxygen atoms in total. The Kier molecular flexibility index (Phi) is 6.72. The average molecular weight is 365 g/mol. The summed E-state index contributed by atoms with van der Waals surface area (Å²) in [7, 11) is 1.87. The zero-order valence-corrected chi connectivity index (χ0v) is 15.5. The first-order chi connectivity index (χ1) is 13.0. The van der Waals surface area contributed by atoms with Crippen LogP contribution in [-0.2, 0) is 0 Å². The molecular formula is C19H23N7O. The van der Waals surface area contributed by atoms with Crippen molar-refractivity contribution in [3.63, 3.8) is 0 Å². The van der Waals surface area contributed by atoms with Crippen LogP contribution in [0.5, 0.6) is 0 Å². The number of hydrogen-bond acceptors (Lipinski definition) is 6. The van der Waals surface area contributed by atoms with Gasteiger partial charge in [-0.05, 0) is 25.1 Å². The SMILES string of the molecule is CCN(CCN(C)c1cc(C#N)ccn1)C(=O)c1ccccc1/C(N)=N/N. The number of aromatic nitrogens is 1. The van der Waals surface area contributed by atoms with Crippen LogP contribution in [0.15, 0.2) is 47.7 Å². The fourth-order valence-corrected chi connectivity index (χ4v) is 2.62. The van der Waals surface area contributed by atoms with Gasteiger partial charge >= 0.3 is 0 Å². The molecule has 140 valence electrons. The second kappa shape index (κ2) is 9.20. The molecule has 4 N–H and O–H groups in total. The third-order valence-corrected chi connectivity index (χ3v) is 4.21. The number of amides is 1. The first kappa shape index (κ1) is 19.7. The number of hydrazone groups is 1. The Bertz CT molecular complexity index is 872. The standard InChI is InChI=1S/C19H23N7O/c1-3-26(11-10-25(2)17-12-14(13-20)8-9-23-17)19(27)16-7-5-4-6-15(16)18(21)24-22/h4-9,12H,3,10-11,22H2,1-2H3,(H2,21,24). The van der Waals surface area contributed by atoms with Crippen LogP contribution in [0.4, 0.5) is 5.82 Å². The Balaban J connectivity index is 2.13. The monoisotopic (exact) mass is 365 g/mol. The lowest BCUT2D eigenvalue weighted by Gasteiger charge is -2.26. The van der Waals surface area contributed by atoms with Gasteiger partial charge in [0.05, 0.1) is 17.2 Å². The summed E-state index contributed by atoms with van der Waals surface area (Å²) in [4.78, 5) is 20.8. The van der Waals surface area contributed by atoms with E-state index in [9.17, 15) is 4.79 Å². The van der Waals surface area contributed by atoms with Crippen molar-refractivity contribution < 1.29 is 4.79 Å². The molecule has 2 rings (SSSR count). The number of likely N-dealkylation sites (N-methyl/N-ethyl adjacent to an activating group) is 2. The molecule has 0 saturated heterocycles. The van der Waals surface area contributed by atoms with E-state index in [2.05, 4.69) is 16.2 Å². The highest BCUT2D eigenvalue weighted by Gasteiger charge is 2.19. The fraction of sp³-hybridized carbons (Fsp3) is 0.263. The van der Waals surface area contributed by atoms with E-state index in [0.29, 0.717) is 42.1 Å². The number of nitrogens with zero attached hydrogens (tertiary/aromatic N) is 5. The Morgan fingerprint density at radius 2 is 1.96 bits per heavy atom. The topological polar surface area (TPSA) is 125 Å². The van der Waals surface area contributed by atoms with E-state index in [1.54, 1.807) is 47.5 Å². The van der Waals surface area contributed by atoms with Crippen LogP contribution in [0.3, 0.4) is 0 Å². The number of amidine groups is 1. The molecule has 0 spiro atoms. The van der Waals surface area contributed by atoms with Gasteiger partial charge < -0.3 is 21.4 Å². The smallest absolute Gasteiger partial charge is 0.254 e. The van der Waals surface area contributed by atoms with Gasteiger partial charge in [0.1, 0.15) is 5.82 Å². The lowest BCUT2D eigenvalue weighted by atomic mass is 10.1. The minimum atomic E-state index is -0.146. The number of nitrogens with two attached hydrogens (primary N) is 2. The number of carbonyl (C=O) groups excluding carboxylic acids is 1. The lowest BCUT2D eigenvalue weighted by Crippen LogP contribution is -2.38. The average Bonchev–Trinajstić information content (AvgIpc) is 2.73. The Morgan fingerprint density at radius 1 is 1.26 bits per heavy atom. The summed E-state index contributed by atoms with van der Waals surface area (Å²) in [5.41, 5.74) is 7.32. The van der Waals surface area contributed by atoms with Gasteiger partial charge in [-0.2, -0.15) is 10.4 Å². The molecule has 0 aliphatic rings. The molecule has 1 amide bonds. The Labute approximate surface area is 158 Å². The predicted molar refractivity (Wildman–Crippen MR) is 105 cm³/mol. The molecule has 1 aromatic heterocycles. The number of pyridine rings is 1. The van der Waals surface area contributed by atoms with Gasteiger partial charge in [0, 0.05) is 38.4 Å². The van der Waals surface area contributed by atoms with Crippen molar-refractivity contribution in [3.05, 3.63) is 59.3 Å². The van der Waals surface area contributed by atoms with E-state index < -0.39 is 0 Å². The maximum absolute atomic E-state index is 13.0. The molecule has 0 radical (unpaired) electrons. The van der Waals surface area contributed by atoms with E-state index in [4.69, 9.17) is 16.8 Å². The largest absolute Gasteiger partial charge is 0.382 e. The number of hydrogen-bond donors (Lipinski definition) is 2. The molecular weight excluding hydrogens is 342 g/mol. The fourth-order valence-electron chi connectivity index (χ4n) is 2.62. The lowest BCUT2D eigenvalue weighted by molar-refractivity contribution is 0.0768. The van der Waals surface area contributed by atoms with Crippen molar-refractivity contribution in [2.45, 2.75) is 6.92 Å². The summed E-state index contributed by atoms with van der Waals surface area (Å²) >= 11 is 0. The second-order valence-corrected chi connectivity index (χ2v) is 5.88. The van der Waals surface area contributed by atoms with Gasteiger partial charge in [-0.25, -0.2) is 4.98 Å². The first-order valence-electron chi connectivity index (χ1n) is 8.51. The van der Waals surface area contributed by atoms with E-state index in [1.165, 1.54) is 0 Å². The van der Waals surface area contributed by atoms with Crippen LogP contribution >= 0.6 is 0 Å². The summed E-state index contributed by atoms with van der Waals surface area (Å²) in [6.07, 6.45) is 1.60. The van der Waals surface area contributed by atoms with Crippen molar-refractivity contribution in [1.82, 2.24) is 9.88 Å². The highest BCUT2D eigenvalue weighted by Crippen LogP contribution is 2.13. The van der Waals surface area contributed by atoms with Crippen molar-refractivity contribution in [2.75, 3.05) is 31.6 Å². The van der Waals surface area contributed by atoms with E-state index in [-0.39, 0.29) is 11.7 Å². The molecule has 0 atom stereocenters. The van der Waals surface area contributed by atoms with Crippen LogP contribution in [0.25, 0.3) is 0 Å². The number of carbonyl (C=O) groups is 1. The van der Waals surface area contributed by atoms with Crippen LogP contribution < -0.4 is 16.5 Å². The van der Waals surface area contributed by atoms with E-state index >= 15 is 0 Å². The summed E-state index contributed by atoms with van der Waals surface area (Å²) < 4.78 is 0. The molecule has 0 aliphatic carbocycles. The minimum Gasteiger partial charge on any atom is -0.382 e. The van der Waals surface area contributed by atoms with Gasteiger partial charge in [-0.15, -0.1) is 0 Å². The Morgan fingerprint density at radius 3 is 2.59 bits per heavy atom. The zero-order chi connectivity index (χ0) is 19.8. The van der Waals surface area contributed by atoms with Gasteiger partial charge in [-0.3, -0.25) is 4.79 Å². The second-order valence-electron chi connectivity index (χ2n) is 5.88. The molecule has 0 fully saturated rings. The normalized spacial score (nSPS) is 10.9.